The highest BCUT2D eigenvalue weighted by Gasteiger charge is 2.12. The second kappa shape index (κ2) is 11.7. The molecule has 26 heavy (non-hydrogen) atoms. The van der Waals surface area contributed by atoms with Crippen LogP contribution in [0.5, 0.6) is 17.2 Å². The fraction of sp³-hybridized carbons (Fsp3) is 0.471. The molecule has 0 bridgehead atoms. The maximum absolute atomic E-state index is 11.7. The van der Waals surface area contributed by atoms with Gasteiger partial charge in [0.15, 0.2) is 11.5 Å². The number of hydrazone groups is 1. The molecule has 0 aliphatic heterocycles. The lowest BCUT2D eigenvalue weighted by atomic mass is 10.2. The lowest BCUT2D eigenvalue weighted by Gasteiger charge is -2.12. The zero-order chi connectivity index (χ0) is 19.4. The number of ether oxygens (including phenoxy) is 4. The zero-order valence-electron chi connectivity index (χ0n) is 15.5. The van der Waals surface area contributed by atoms with Gasteiger partial charge in [-0.1, -0.05) is 0 Å². The Morgan fingerprint density at radius 2 is 1.69 bits per heavy atom. The number of benzene rings is 1. The van der Waals surface area contributed by atoms with E-state index in [0.717, 1.165) is 0 Å². The minimum Gasteiger partial charge on any atom is -0.493 e. The van der Waals surface area contributed by atoms with E-state index in [1.54, 1.807) is 19.2 Å². The van der Waals surface area contributed by atoms with Gasteiger partial charge in [-0.3, -0.25) is 9.59 Å². The molecule has 0 unspecified atom stereocenters. The summed E-state index contributed by atoms with van der Waals surface area (Å²) < 4.78 is 20.6. The number of carbonyl (C=O) groups excluding carboxylic acids is 2. The lowest BCUT2D eigenvalue weighted by Crippen LogP contribution is -2.30. The summed E-state index contributed by atoms with van der Waals surface area (Å²) in [5.41, 5.74) is 2.93. The normalized spacial score (nSPS) is 10.5. The van der Waals surface area contributed by atoms with E-state index in [9.17, 15) is 9.59 Å². The van der Waals surface area contributed by atoms with Gasteiger partial charge in [-0.25, -0.2) is 5.43 Å². The van der Waals surface area contributed by atoms with Crippen molar-refractivity contribution in [2.75, 3.05) is 41.6 Å². The van der Waals surface area contributed by atoms with Gasteiger partial charge in [0, 0.05) is 25.8 Å². The molecule has 0 aliphatic rings. The lowest BCUT2D eigenvalue weighted by molar-refractivity contribution is -0.129. The Bertz CT molecular complexity index is 608. The Kier molecular flexibility index (Phi) is 9.55. The van der Waals surface area contributed by atoms with Crippen LogP contribution in [-0.4, -0.2) is 59.6 Å². The fourth-order valence-electron chi connectivity index (χ4n) is 2.05. The third-order valence-electron chi connectivity index (χ3n) is 3.26. The fourth-order valence-corrected chi connectivity index (χ4v) is 2.05. The Morgan fingerprint density at radius 3 is 2.23 bits per heavy atom. The summed E-state index contributed by atoms with van der Waals surface area (Å²) in [6.07, 6.45) is 1.79. The van der Waals surface area contributed by atoms with Crippen molar-refractivity contribution in [1.29, 1.82) is 0 Å². The van der Waals surface area contributed by atoms with Crippen molar-refractivity contribution < 1.29 is 28.5 Å². The number of amides is 2. The first kappa shape index (κ1) is 21.2. The van der Waals surface area contributed by atoms with Crippen LogP contribution in [0.2, 0.25) is 0 Å². The molecule has 0 fully saturated rings. The van der Waals surface area contributed by atoms with E-state index in [1.807, 2.05) is 0 Å². The van der Waals surface area contributed by atoms with E-state index in [4.69, 9.17) is 18.9 Å². The van der Waals surface area contributed by atoms with Gasteiger partial charge in [0.25, 0.3) is 0 Å². The first-order chi connectivity index (χ1) is 12.5. The number of hydrogen-bond acceptors (Lipinski definition) is 7. The van der Waals surface area contributed by atoms with Crippen LogP contribution in [0.4, 0.5) is 0 Å². The highest BCUT2D eigenvalue weighted by molar-refractivity contribution is 5.97. The summed E-state index contributed by atoms with van der Waals surface area (Å²) in [4.78, 5) is 23.3. The van der Waals surface area contributed by atoms with Crippen molar-refractivity contribution in [3.05, 3.63) is 17.7 Å². The van der Waals surface area contributed by atoms with Crippen molar-refractivity contribution in [2.24, 2.45) is 5.10 Å². The van der Waals surface area contributed by atoms with Crippen LogP contribution in [0.1, 0.15) is 18.4 Å². The van der Waals surface area contributed by atoms with Crippen LogP contribution in [-0.2, 0) is 14.3 Å². The second-order valence-corrected chi connectivity index (χ2v) is 5.12. The van der Waals surface area contributed by atoms with Gasteiger partial charge in [0.1, 0.15) is 6.42 Å². The monoisotopic (exact) mass is 367 g/mol. The van der Waals surface area contributed by atoms with Gasteiger partial charge in [0.2, 0.25) is 17.6 Å². The van der Waals surface area contributed by atoms with E-state index < -0.39 is 5.91 Å². The molecule has 1 rings (SSSR count). The quantitative estimate of drug-likeness (QED) is 0.258. The summed E-state index contributed by atoms with van der Waals surface area (Å²) in [7, 11) is 6.10. The van der Waals surface area contributed by atoms with Gasteiger partial charge < -0.3 is 24.3 Å². The van der Waals surface area contributed by atoms with Crippen molar-refractivity contribution in [3.63, 3.8) is 0 Å². The van der Waals surface area contributed by atoms with Gasteiger partial charge in [-0.15, -0.1) is 0 Å². The molecule has 0 aromatic heterocycles. The van der Waals surface area contributed by atoms with Crippen LogP contribution < -0.4 is 25.0 Å². The molecule has 0 heterocycles. The van der Waals surface area contributed by atoms with E-state index in [1.165, 1.54) is 27.5 Å². The highest BCUT2D eigenvalue weighted by atomic mass is 16.5. The first-order valence-electron chi connectivity index (χ1n) is 7.93. The van der Waals surface area contributed by atoms with Crippen LogP contribution in [0, 0.1) is 0 Å². The van der Waals surface area contributed by atoms with Crippen LogP contribution in [0.3, 0.4) is 0 Å². The van der Waals surface area contributed by atoms with Crippen LogP contribution in [0.25, 0.3) is 0 Å². The van der Waals surface area contributed by atoms with E-state index in [2.05, 4.69) is 15.8 Å². The molecule has 1 aromatic rings. The van der Waals surface area contributed by atoms with Crippen molar-refractivity contribution >= 4 is 18.0 Å². The van der Waals surface area contributed by atoms with E-state index >= 15 is 0 Å². The topological polar surface area (TPSA) is 107 Å². The molecule has 0 spiro atoms. The number of carbonyl (C=O) groups is 2. The molecule has 144 valence electrons. The first-order valence-corrected chi connectivity index (χ1v) is 7.93. The van der Waals surface area contributed by atoms with Crippen LogP contribution in [0.15, 0.2) is 17.2 Å². The molecule has 2 amide bonds. The van der Waals surface area contributed by atoms with Gasteiger partial charge in [-0.05, 0) is 18.6 Å². The Hall–Kier alpha value is -2.81. The molecular formula is C17H25N3O6. The summed E-state index contributed by atoms with van der Waals surface area (Å²) in [5.74, 6) is 0.506. The minimum atomic E-state index is -0.516. The largest absolute Gasteiger partial charge is 0.493 e. The SMILES string of the molecule is COCCCNC(=O)CC(=O)NN=Cc1cc(OC)c(OC)c(OC)c1. The molecule has 1 aromatic carbocycles. The van der Waals surface area contributed by atoms with Crippen LogP contribution >= 0.6 is 0 Å². The number of nitrogens with one attached hydrogen (secondary N) is 2. The Labute approximate surface area is 152 Å². The number of rotatable bonds is 11. The van der Waals surface area contributed by atoms with E-state index in [-0.39, 0.29) is 12.3 Å². The molecule has 9 nitrogen and oxygen atoms in total. The smallest absolute Gasteiger partial charge is 0.249 e. The molecular weight excluding hydrogens is 342 g/mol. The van der Waals surface area contributed by atoms with Gasteiger partial charge in [0.05, 0.1) is 27.5 Å². The average molecular weight is 367 g/mol. The van der Waals surface area contributed by atoms with E-state index in [0.29, 0.717) is 42.4 Å². The summed E-state index contributed by atoms with van der Waals surface area (Å²) in [6.45, 7) is 1.00. The summed E-state index contributed by atoms with van der Waals surface area (Å²) >= 11 is 0. The van der Waals surface area contributed by atoms with Crippen molar-refractivity contribution in [1.82, 2.24) is 10.7 Å². The average Bonchev–Trinajstić information content (AvgIpc) is 2.64. The van der Waals surface area contributed by atoms with Crippen molar-refractivity contribution in [3.8, 4) is 17.2 Å². The predicted octanol–water partition coefficient (Wildman–Crippen LogP) is 0.705. The molecule has 0 radical (unpaired) electrons. The Balaban J connectivity index is 2.57. The highest BCUT2D eigenvalue weighted by Crippen LogP contribution is 2.37. The molecule has 0 aliphatic carbocycles. The molecule has 0 atom stereocenters. The second-order valence-electron chi connectivity index (χ2n) is 5.12. The zero-order valence-corrected chi connectivity index (χ0v) is 15.5. The summed E-state index contributed by atoms with van der Waals surface area (Å²) in [5, 5.41) is 6.45. The number of hydrogen-bond donors (Lipinski definition) is 2. The molecule has 0 saturated carbocycles. The maximum atomic E-state index is 11.7. The summed E-state index contributed by atoms with van der Waals surface area (Å²) in [6, 6.07) is 3.36. The molecule has 2 N–H and O–H groups in total. The standard InChI is InChI=1S/C17H25N3O6/c1-23-7-5-6-18-15(21)10-16(22)20-19-11-12-8-13(24-2)17(26-4)14(9-12)25-3/h8-9,11H,5-7,10H2,1-4H3,(H,18,21)(H,20,22). The third-order valence-corrected chi connectivity index (χ3v) is 3.26. The maximum Gasteiger partial charge on any atom is 0.249 e. The third kappa shape index (κ3) is 6.98. The molecule has 0 saturated heterocycles. The molecule has 9 heteroatoms. The number of nitrogens with zero attached hydrogens (tertiary/aromatic N) is 1. The number of methoxy groups -OCH3 is 4. The Morgan fingerprint density at radius 1 is 1.04 bits per heavy atom. The minimum absolute atomic E-state index is 0.306. The predicted molar refractivity (Wildman–Crippen MR) is 96.0 cm³/mol. The van der Waals surface area contributed by atoms with Crippen molar-refractivity contribution in [2.45, 2.75) is 12.8 Å². The van der Waals surface area contributed by atoms with Gasteiger partial charge >= 0.3 is 0 Å². The van der Waals surface area contributed by atoms with Gasteiger partial charge in [-0.2, -0.15) is 5.10 Å².